The van der Waals surface area contributed by atoms with Gasteiger partial charge in [0.15, 0.2) is 0 Å². The summed E-state index contributed by atoms with van der Waals surface area (Å²) in [7, 11) is 0. The molecule has 0 unspecified atom stereocenters. The van der Waals surface area contributed by atoms with Crippen molar-refractivity contribution in [1.82, 2.24) is 15.0 Å². The highest BCUT2D eigenvalue weighted by molar-refractivity contribution is 6.04. The lowest BCUT2D eigenvalue weighted by atomic mass is 10.1. The zero-order valence-corrected chi connectivity index (χ0v) is 17.4. The molecule has 3 heterocycles. The molecule has 0 saturated heterocycles. The van der Waals surface area contributed by atoms with Crippen molar-refractivity contribution in [2.75, 3.05) is 10.6 Å². The first-order valence-electron chi connectivity index (χ1n) is 9.74. The third-order valence-corrected chi connectivity index (χ3v) is 4.77. The Morgan fingerprint density at radius 2 is 1.88 bits per heavy atom. The molecule has 1 aromatic carbocycles. The monoisotopic (exact) mass is 459 g/mol. The molecular formula is C22H17F4N5O2. The fourth-order valence-corrected chi connectivity index (χ4v) is 3.15. The van der Waals surface area contributed by atoms with Gasteiger partial charge in [-0.05, 0) is 44.2 Å². The third kappa shape index (κ3) is 4.92. The van der Waals surface area contributed by atoms with Crippen LogP contribution in [0.4, 0.5) is 29.1 Å². The molecule has 0 spiro atoms. The van der Waals surface area contributed by atoms with Crippen LogP contribution in [-0.4, -0.2) is 20.9 Å². The Morgan fingerprint density at radius 3 is 2.58 bits per heavy atom. The molecule has 0 aliphatic rings. The number of benzene rings is 1. The zero-order chi connectivity index (χ0) is 23.8. The topological polar surface area (TPSA) is 92.9 Å². The van der Waals surface area contributed by atoms with Crippen molar-refractivity contribution in [2.45, 2.75) is 26.1 Å². The summed E-state index contributed by atoms with van der Waals surface area (Å²) >= 11 is 0. The first kappa shape index (κ1) is 22.2. The summed E-state index contributed by atoms with van der Waals surface area (Å²) in [5.41, 5.74) is 0.256. The van der Waals surface area contributed by atoms with Gasteiger partial charge in [-0.15, -0.1) is 0 Å². The number of halogens is 4. The normalized spacial score (nSPS) is 12.5. The number of fused-ring (bicyclic) bond motifs is 1. The van der Waals surface area contributed by atoms with Crippen LogP contribution in [0.15, 0.2) is 53.2 Å². The number of amides is 1. The van der Waals surface area contributed by atoms with E-state index in [0.29, 0.717) is 22.8 Å². The zero-order valence-electron chi connectivity index (χ0n) is 17.4. The van der Waals surface area contributed by atoms with Gasteiger partial charge in [-0.2, -0.15) is 18.2 Å². The number of furan rings is 1. The van der Waals surface area contributed by atoms with Crippen molar-refractivity contribution in [3.63, 3.8) is 0 Å². The van der Waals surface area contributed by atoms with Crippen LogP contribution in [0, 0.1) is 12.7 Å². The number of pyridine rings is 1. The van der Waals surface area contributed by atoms with Gasteiger partial charge in [0.2, 0.25) is 5.71 Å². The Hall–Kier alpha value is -4.02. The average molecular weight is 459 g/mol. The lowest BCUT2D eigenvalue weighted by Gasteiger charge is -2.17. The SMILES string of the molecule is Cc1cc2ncc(N[C@@H](C)c3cc(NC(=O)c4ccc(C(F)(F)F)nc4)ccc3F)nc2o1. The molecule has 0 bridgehead atoms. The van der Waals surface area contributed by atoms with Crippen molar-refractivity contribution in [3.05, 3.63) is 77.2 Å². The van der Waals surface area contributed by atoms with Crippen LogP contribution >= 0.6 is 0 Å². The van der Waals surface area contributed by atoms with Gasteiger partial charge in [0, 0.05) is 23.5 Å². The number of hydrogen-bond acceptors (Lipinski definition) is 6. The Bertz CT molecular complexity index is 1320. The maximum absolute atomic E-state index is 14.5. The smallest absolute Gasteiger partial charge is 0.433 e. The summed E-state index contributed by atoms with van der Waals surface area (Å²) in [6.45, 7) is 3.47. The molecule has 170 valence electrons. The van der Waals surface area contributed by atoms with Crippen molar-refractivity contribution < 1.29 is 26.8 Å². The molecule has 2 N–H and O–H groups in total. The minimum atomic E-state index is -4.60. The second-order valence-corrected chi connectivity index (χ2v) is 7.29. The molecule has 4 aromatic rings. The lowest BCUT2D eigenvalue weighted by Crippen LogP contribution is -2.15. The van der Waals surface area contributed by atoms with Crippen LogP contribution in [0.1, 0.15) is 40.3 Å². The van der Waals surface area contributed by atoms with Crippen LogP contribution in [0.5, 0.6) is 0 Å². The number of aryl methyl sites for hydroxylation is 1. The van der Waals surface area contributed by atoms with Gasteiger partial charge in [0.1, 0.15) is 28.6 Å². The highest BCUT2D eigenvalue weighted by Gasteiger charge is 2.32. The first-order valence-corrected chi connectivity index (χ1v) is 9.74. The first-order chi connectivity index (χ1) is 15.6. The van der Waals surface area contributed by atoms with Gasteiger partial charge in [0.25, 0.3) is 5.91 Å². The number of hydrogen-bond donors (Lipinski definition) is 2. The Labute approximate surface area is 184 Å². The van der Waals surface area contributed by atoms with Crippen molar-refractivity contribution in [2.24, 2.45) is 0 Å². The maximum atomic E-state index is 14.5. The largest absolute Gasteiger partial charge is 0.442 e. The van der Waals surface area contributed by atoms with E-state index in [1.165, 1.54) is 24.4 Å². The summed E-state index contributed by atoms with van der Waals surface area (Å²) in [4.78, 5) is 24.2. The Kier molecular flexibility index (Phi) is 5.71. The molecular weight excluding hydrogens is 442 g/mol. The van der Waals surface area contributed by atoms with Gasteiger partial charge in [0.05, 0.1) is 17.8 Å². The lowest BCUT2D eigenvalue weighted by molar-refractivity contribution is -0.141. The average Bonchev–Trinajstić information content (AvgIpc) is 3.13. The van der Waals surface area contributed by atoms with Gasteiger partial charge >= 0.3 is 6.18 Å². The molecule has 0 aliphatic carbocycles. The summed E-state index contributed by atoms with van der Waals surface area (Å²) in [6, 6.07) is 6.87. The van der Waals surface area contributed by atoms with E-state index in [2.05, 4.69) is 25.6 Å². The van der Waals surface area contributed by atoms with E-state index in [4.69, 9.17) is 4.42 Å². The van der Waals surface area contributed by atoms with Crippen LogP contribution in [0.25, 0.3) is 11.2 Å². The van der Waals surface area contributed by atoms with Gasteiger partial charge in [-0.3, -0.25) is 9.78 Å². The molecule has 7 nitrogen and oxygen atoms in total. The summed E-state index contributed by atoms with van der Waals surface area (Å²) in [5, 5.41) is 5.56. The molecule has 0 aliphatic heterocycles. The van der Waals surface area contributed by atoms with Crippen molar-refractivity contribution in [1.29, 1.82) is 0 Å². The molecule has 33 heavy (non-hydrogen) atoms. The molecule has 0 radical (unpaired) electrons. The predicted molar refractivity (Wildman–Crippen MR) is 112 cm³/mol. The fraction of sp³-hybridized carbons (Fsp3) is 0.182. The molecule has 3 aromatic heterocycles. The molecule has 11 heteroatoms. The van der Waals surface area contributed by atoms with Crippen LogP contribution in [0.2, 0.25) is 0 Å². The Balaban J connectivity index is 1.50. The molecule has 0 fully saturated rings. The van der Waals surface area contributed by atoms with E-state index in [-0.39, 0.29) is 16.8 Å². The van der Waals surface area contributed by atoms with Gasteiger partial charge in [-0.25, -0.2) is 9.37 Å². The molecule has 1 atom stereocenters. The number of anilines is 2. The number of aromatic nitrogens is 3. The van der Waals surface area contributed by atoms with E-state index in [1.54, 1.807) is 19.9 Å². The van der Waals surface area contributed by atoms with Crippen LogP contribution in [-0.2, 0) is 6.18 Å². The molecule has 1 amide bonds. The van der Waals surface area contributed by atoms with Crippen molar-refractivity contribution >= 4 is 28.6 Å². The number of nitrogens with one attached hydrogen (secondary N) is 2. The minimum Gasteiger partial charge on any atom is -0.442 e. The van der Waals surface area contributed by atoms with Gasteiger partial charge in [-0.1, -0.05) is 0 Å². The van der Waals surface area contributed by atoms with E-state index in [9.17, 15) is 22.4 Å². The van der Waals surface area contributed by atoms with Crippen molar-refractivity contribution in [3.8, 4) is 0 Å². The van der Waals surface area contributed by atoms with Crippen LogP contribution < -0.4 is 10.6 Å². The number of nitrogens with zero attached hydrogens (tertiary/aromatic N) is 3. The second-order valence-electron chi connectivity index (χ2n) is 7.29. The molecule has 0 saturated carbocycles. The van der Waals surface area contributed by atoms with Gasteiger partial charge < -0.3 is 15.1 Å². The standard InChI is InChI=1S/C22H17F4N5O2/c1-11-7-17-21(33-11)31-19(10-27-17)29-12(2)15-8-14(4-5-16(15)23)30-20(32)13-3-6-18(28-9-13)22(24,25)26/h3-10,12H,1-2H3,(H,29,31)(H,30,32)/t12-/m0/s1. The summed E-state index contributed by atoms with van der Waals surface area (Å²) in [5.74, 6) is -0.173. The quantitative estimate of drug-likeness (QED) is 0.383. The highest BCUT2D eigenvalue weighted by Crippen LogP contribution is 2.28. The predicted octanol–water partition coefficient (Wildman–Crippen LogP) is 5.51. The molecule has 4 rings (SSSR count). The van der Waals surface area contributed by atoms with E-state index >= 15 is 0 Å². The number of rotatable bonds is 5. The second kappa shape index (κ2) is 8.49. The van der Waals surface area contributed by atoms with E-state index < -0.39 is 29.6 Å². The maximum Gasteiger partial charge on any atom is 0.433 e. The number of alkyl halides is 3. The van der Waals surface area contributed by atoms with Crippen LogP contribution in [0.3, 0.4) is 0 Å². The van der Waals surface area contributed by atoms with E-state index in [1.807, 2.05) is 0 Å². The highest BCUT2D eigenvalue weighted by atomic mass is 19.4. The summed E-state index contributed by atoms with van der Waals surface area (Å²) in [6.07, 6.45) is -2.28. The minimum absolute atomic E-state index is 0.0719. The summed E-state index contributed by atoms with van der Waals surface area (Å²) < 4.78 is 57.8. The third-order valence-electron chi connectivity index (χ3n) is 4.77. The Morgan fingerprint density at radius 1 is 1.09 bits per heavy atom. The number of carbonyl (C=O) groups excluding carboxylic acids is 1. The fourth-order valence-electron chi connectivity index (χ4n) is 3.15. The number of carbonyl (C=O) groups is 1. The van der Waals surface area contributed by atoms with E-state index in [0.717, 1.165) is 18.3 Å².